The number of aromatic nitrogens is 3. The summed E-state index contributed by atoms with van der Waals surface area (Å²) in [6, 6.07) is 12.9. The number of rotatable bonds is 5. The molecule has 0 atom stereocenters. The molecule has 1 amide bonds. The molecule has 0 saturated carbocycles. The number of hydrogen-bond acceptors (Lipinski definition) is 5. The van der Waals surface area contributed by atoms with Gasteiger partial charge >= 0.3 is 0 Å². The van der Waals surface area contributed by atoms with E-state index in [2.05, 4.69) is 25.6 Å². The third kappa shape index (κ3) is 4.13. The molecule has 2 aromatic heterocycles. The lowest BCUT2D eigenvalue weighted by molar-refractivity contribution is 0.102. The van der Waals surface area contributed by atoms with Crippen LogP contribution >= 0.6 is 0 Å². The number of anilines is 2. The fraction of sp³-hybridized carbons (Fsp3) is 0.111. The van der Waals surface area contributed by atoms with Crippen molar-refractivity contribution in [3.8, 4) is 0 Å². The Kier molecular flexibility index (Phi) is 4.76. The van der Waals surface area contributed by atoms with Gasteiger partial charge in [-0.1, -0.05) is 12.1 Å². The maximum Gasteiger partial charge on any atom is 0.255 e. The van der Waals surface area contributed by atoms with E-state index >= 15 is 0 Å². The van der Waals surface area contributed by atoms with Gasteiger partial charge in [0, 0.05) is 41.9 Å². The summed E-state index contributed by atoms with van der Waals surface area (Å²) >= 11 is 0. The van der Waals surface area contributed by atoms with Crippen LogP contribution in [0.15, 0.2) is 61.2 Å². The molecule has 0 aliphatic carbocycles. The Bertz CT molecular complexity index is 836. The lowest BCUT2D eigenvalue weighted by atomic mass is 10.2. The summed E-state index contributed by atoms with van der Waals surface area (Å²) in [5.41, 5.74) is 3.27. The predicted octanol–water partition coefficient (Wildman–Crippen LogP) is 3.04. The number of carbonyl (C=O) groups excluding carboxylic acids is 1. The molecule has 6 heteroatoms. The lowest BCUT2D eigenvalue weighted by Gasteiger charge is -2.09. The Morgan fingerprint density at radius 3 is 2.71 bits per heavy atom. The van der Waals surface area contributed by atoms with Gasteiger partial charge < -0.3 is 10.6 Å². The first-order chi connectivity index (χ1) is 11.7. The van der Waals surface area contributed by atoms with Crippen molar-refractivity contribution in [3.63, 3.8) is 0 Å². The van der Waals surface area contributed by atoms with Gasteiger partial charge in [-0.15, -0.1) is 0 Å². The van der Waals surface area contributed by atoms with E-state index in [0.29, 0.717) is 12.1 Å². The summed E-state index contributed by atoms with van der Waals surface area (Å²) in [5.74, 6) is 0.614. The van der Waals surface area contributed by atoms with E-state index in [1.54, 1.807) is 24.5 Å². The average molecular weight is 319 g/mol. The quantitative estimate of drug-likeness (QED) is 0.755. The van der Waals surface area contributed by atoms with Crippen molar-refractivity contribution < 1.29 is 4.79 Å². The first-order valence-corrected chi connectivity index (χ1v) is 7.53. The van der Waals surface area contributed by atoms with Gasteiger partial charge in [0.15, 0.2) is 0 Å². The van der Waals surface area contributed by atoms with Gasteiger partial charge in [-0.2, -0.15) is 0 Å². The molecular weight excluding hydrogens is 302 g/mol. The number of nitrogens with one attached hydrogen (secondary N) is 2. The lowest BCUT2D eigenvalue weighted by Crippen LogP contribution is -2.12. The highest BCUT2D eigenvalue weighted by Crippen LogP contribution is 2.14. The molecule has 24 heavy (non-hydrogen) atoms. The van der Waals surface area contributed by atoms with E-state index in [-0.39, 0.29) is 5.91 Å². The van der Waals surface area contributed by atoms with E-state index in [0.717, 1.165) is 22.8 Å². The molecule has 0 spiro atoms. The zero-order valence-electron chi connectivity index (χ0n) is 13.2. The highest BCUT2D eigenvalue weighted by molar-refractivity contribution is 6.04. The third-order valence-electron chi connectivity index (χ3n) is 3.40. The molecular formula is C18H17N5O. The first kappa shape index (κ1) is 15.6. The second-order valence-electron chi connectivity index (χ2n) is 5.29. The summed E-state index contributed by atoms with van der Waals surface area (Å²) in [4.78, 5) is 24.3. The van der Waals surface area contributed by atoms with Crippen molar-refractivity contribution >= 4 is 17.4 Å². The molecule has 0 aliphatic rings. The highest BCUT2D eigenvalue weighted by Gasteiger charge is 2.06. The Balaban J connectivity index is 1.65. The first-order valence-electron chi connectivity index (χ1n) is 7.53. The van der Waals surface area contributed by atoms with Gasteiger partial charge in [-0.25, -0.2) is 9.97 Å². The summed E-state index contributed by atoms with van der Waals surface area (Å²) in [7, 11) is 0. The number of nitrogens with zero attached hydrogens (tertiary/aromatic N) is 3. The standard InChI is InChI=1S/C18H17N5O/c1-13-9-17(22-12-21-13)20-11-14-3-2-4-16(10-14)23-18(24)15-5-7-19-8-6-15/h2-10,12H,11H2,1H3,(H,23,24)(H,20,21,22). The molecule has 0 fully saturated rings. The molecule has 3 rings (SSSR count). The van der Waals surface area contributed by atoms with E-state index in [1.807, 2.05) is 37.3 Å². The van der Waals surface area contributed by atoms with Gasteiger partial charge in [-0.3, -0.25) is 9.78 Å². The van der Waals surface area contributed by atoms with Crippen molar-refractivity contribution in [3.05, 3.63) is 78.0 Å². The van der Waals surface area contributed by atoms with Crippen LogP contribution in [0.4, 0.5) is 11.5 Å². The van der Waals surface area contributed by atoms with Crippen LogP contribution in [0.5, 0.6) is 0 Å². The second kappa shape index (κ2) is 7.32. The molecule has 3 aromatic rings. The molecule has 0 bridgehead atoms. The number of benzene rings is 1. The van der Waals surface area contributed by atoms with Gasteiger partial charge in [0.25, 0.3) is 5.91 Å². The number of aryl methyl sites for hydroxylation is 1. The minimum absolute atomic E-state index is 0.158. The van der Waals surface area contributed by atoms with Crippen LogP contribution in [0.2, 0.25) is 0 Å². The van der Waals surface area contributed by atoms with Crippen LogP contribution in [0.1, 0.15) is 21.6 Å². The van der Waals surface area contributed by atoms with Crippen LogP contribution in [-0.2, 0) is 6.54 Å². The van der Waals surface area contributed by atoms with Crippen molar-refractivity contribution in [2.24, 2.45) is 0 Å². The highest BCUT2D eigenvalue weighted by atomic mass is 16.1. The monoisotopic (exact) mass is 319 g/mol. The number of amides is 1. The van der Waals surface area contributed by atoms with Crippen molar-refractivity contribution in [2.45, 2.75) is 13.5 Å². The maximum atomic E-state index is 12.2. The van der Waals surface area contributed by atoms with Crippen molar-refractivity contribution in [2.75, 3.05) is 10.6 Å². The summed E-state index contributed by atoms with van der Waals surface area (Å²) in [6.07, 6.45) is 4.72. The van der Waals surface area contributed by atoms with E-state index < -0.39 is 0 Å². The van der Waals surface area contributed by atoms with Crippen LogP contribution in [0.3, 0.4) is 0 Å². The van der Waals surface area contributed by atoms with Gasteiger partial charge in [0.05, 0.1) is 0 Å². The molecule has 0 unspecified atom stereocenters. The Morgan fingerprint density at radius 2 is 1.92 bits per heavy atom. The number of pyridine rings is 1. The third-order valence-corrected chi connectivity index (χ3v) is 3.40. The van der Waals surface area contributed by atoms with Crippen LogP contribution < -0.4 is 10.6 Å². The van der Waals surface area contributed by atoms with E-state index in [4.69, 9.17) is 0 Å². The average Bonchev–Trinajstić information content (AvgIpc) is 2.61. The molecule has 6 nitrogen and oxygen atoms in total. The molecule has 0 aliphatic heterocycles. The van der Waals surface area contributed by atoms with Gasteiger partial charge in [0.1, 0.15) is 12.1 Å². The number of carbonyl (C=O) groups is 1. The largest absolute Gasteiger partial charge is 0.366 e. The van der Waals surface area contributed by atoms with Crippen LogP contribution in [0.25, 0.3) is 0 Å². The molecule has 2 N–H and O–H groups in total. The Labute approximate surface area is 140 Å². The molecule has 0 radical (unpaired) electrons. The van der Waals surface area contributed by atoms with Gasteiger partial charge in [0.2, 0.25) is 0 Å². The van der Waals surface area contributed by atoms with Crippen LogP contribution in [0, 0.1) is 6.92 Å². The minimum atomic E-state index is -0.158. The number of hydrogen-bond donors (Lipinski definition) is 2. The minimum Gasteiger partial charge on any atom is -0.366 e. The molecule has 120 valence electrons. The van der Waals surface area contributed by atoms with Crippen molar-refractivity contribution in [1.82, 2.24) is 15.0 Å². The molecule has 0 saturated heterocycles. The fourth-order valence-corrected chi connectivity index (χ4v) is 2.21. The zero-order valence-corrected chi connectivity index (χ0v) is 13.2. The van der Waals surface area contributed by atoms with E-state index in [1.165, 1.54) is 6.33 Å². The molecule has 2 heterocycles. The Morgan fingerprint density at radius 1 is 1.08 bits per heavy atom. The normalized spacial score (nSPS) is 10.2. The summed E-state index contributed by atoms with van der Waals surface area (Å²) < 4.78 is 0. The second-order valence-corrected chi connectivity index (χ2v) is 5.29. The molecule has 1 aromatic carbocycles. The smallest absolute Gasteiger partial charge is 0.255 e. The van der Waals surface area contributed by atoms with Crippen molar-refractivity contribution in [1.29, 1.82) is 0 Å². The fourth-order valence-electron chi connectivity index (χ4n) is 2.21. The summed E-state index contributed by atoms with van der Waals surface area (Å²) in [6.45, 7) is 2.53. The predicted molar refractivity (Wildman–Crippen MR) is 92.7 cm³/mol. The maximum absolute atomic E-state index is 12.2. The SMILES string of the molecule is Cc1cc(NCc2cccc(NC(=O)c3ccncc3)c2)ncn1. The summed E-state index contributed by atoms with van der Waals surface area (Å²) in [5, 5.41) is 6.13. The topological polar surface area (TPSA) is 79.8 Å². The van der Waals surface area contributed by atoms with E-state index in [9.17, 15) is 4.79 Å². The zero-order chi connectivity index (χ0) is 16.8. The van der Waals surface area contributed by atoms with Crippen LogP contribution in [-0.4, -0.2) is 20.9 Å². The Hall–Kier alpha value is -3.28. The van der Waals surface area contributed by atoms with Gasteiger partial charge in [-0.05, 0) is 36.8 Å².